The summed E-state index contributed by atoms with van der Waals surface area (Å²) in [4.78, 5) is 8.22. The first-order chi connectivity index (χ1) is 12.6. The third-order valence-corrected chi connectivity index (χ3v) is 3.90. The predicted molar refractivity (Wildman–Crippen MR) is 94.0 cm³/mol. The van der Waals surface area contributed by atoms with Crippen molar-refractivity contribution in [2.75, 3.05) is 5.32 Å². The number of pyridine rings is 2. The summed E-state index contributed by atoms with van der Waals surface area (Å²) in [5.41, 5.74) is 1.95. The summed E-state index contributed by atoms with van der Waals surface area (Å²) in [5, 5.41) is 3.53. The smallest absolute Gasteiger partial charge is 0.388 e. The van der Waals surface area contributed by atoms with E-state index in [2.05, 4.69) is 20.0 Å². The number of rotatable bonds is 6. The van der Waals surface area contributed by atoms with E-state index in [9.17, 15) is 17.6 Å². The molecule has 0 unspecified atom stereocenters. The monoisotopic (exact) mass is 382 g/mol. The van der Waals surface area contributed by atoms with Crippen molar-refractivity contribution in [3.05, 3.63) is 41.9 Å². The summed E-state index contributed by atoms with van der Waals surface area (Å²) in [6, 6.07) is 4.97. The van der Waals surface area contributed by atoms with Gasteiger partial charge in [0.05, 0.1) is 12.1 Å². The minimum absolute atomic E-state index is 0.245. The normalized spacial score (nSPS) is 12.0. The Morgan fingerprint density at radius 1 is 1.26 bits per heavy atom. The number of aryl methyl sites for hydroxylation is 2. The maximum Gasteiger partial charge on any atom is 0.388 e. The highest BCUT2D eigenvalue weighted by molar-refractivity contribution is 5.92. The van der Waals surface area contributed by atoms with Gasteiger partial charge in [-0.1, -0.05) is 0 Å². The van der Waals surface area contributed by atoms with Crippen LogP contribution >= 0.6 is 0 Å². The van der Waals surface area contributed by atoms with E-state index in [-0.39, 0.29) is 11.6 Å². The topological polar surface area (TPSA) is 52.0 Å². The van der Waals surface area contributed by atoms with Gasteiger partial charge in [0.25, 0.3) is 5.92 Å². The van der Waals surface area contributed by atoms with Crippen molar-refractivity contribution in [1.29, 1.82) is 0 Å². The summed E-state index contributed by atoms with van der Waals surface area (Å²) >= 11 is 0. The third kappa shape index (κ3) is 4.29. The number of ether oxygens (including phenoxy) is 1. The maximum atomic E-state index is 13.4. The molecule has 0 spiro atoms. The van der Waals surface area contributed by atoms with E-state index < -0.39 is 19.1 Å². The Morgan fingerprint density at radius 3 is 2.67 bits per heavy atom. The molecular weight excluding hydrogens is 364 g/mol. The van der Waals surface area contributed by atoms with Gasteiger partial charge >= 0.3 is 6.61 Å². The number of nitrogens with zero attached hydrogens (tertiary/aromatic N) is 3. The van der Waals surface area contributed by atoms with Crippen LogP contribution in [0.3, 0.4) is 0 Å². The van der Waals surface area contributed by atoms with Crippen LogP contribution in [-0.4, -0.2) is 27.1 Å². The van der Waals surface area contributed by atoms with E-state index in [0.29, 0.717) is 28.0 Å². The van der Waals surface area contributed by atoms with Crippen LogP contribution in [0.1, 0.15) is 18.2 Å². The minimum atomic E-state index is -3.03. The van der Waals surface area contributed by atoms with Crippen molar-refractivity contribution in [2.24, 2.45) is 0 Å². The van der Waals surface area contributed by atoms with Crippen molar-refractivity contribution in [3.8, 4) is 5.88 Å². The molecule has 0 aliphatic rings. The predicted octanol–water partition coefficient (Wildman–Crippen LogP) is 5.05. The van der Waals surface area contributed by atoms with E-state index in [1.54, 1.807) is 32.0 Å². The molecule has 0 saturated heterocycles. The van der Waals surface area contributed by atoms with Crippen LogP contribution in [-0.2, 0) is 6.54 Å². The Balaban J connectivity index is 2.03. The molecule has 27 heavy (non-hydrogen) atoms. The van der Waals surface area contributed by atoms with E-state index >= 15 is 0 Å². The largest absolute Gasteiger partial charge is 0.415 e. The van der Waals surface area contributed by atoms with Crippen LogP contribution in [0, 0.1) is 13.8 Å². The van der Waals surface area contributed by atoms with Crippen LogP contribution in [0.5, 0.6) is 5.88 Å². The van der Waals surface area contributed by atoms with Crippen molar-refractivity contribution in [3.63, 3.8) is 0 Å². The molecule has 3 heterocycles. The second-order valence-corrected chi connectivity index (χ2v) is 6.37. The number of hydrogen-bond acceptors (Lipinski definition) is 4. The average Bonchev–Trinajstić information content (AvgIpc) is 2.92. The van der Waals surface area contributed by atoms with E-state index in [1.807, 2.05) is 0 Å². The third-order valence-electron chi connectivity index (χ3n) is 3.90. The van der Waals surface area contributed by atoms with E-state index in [1.165, 1.54) is 17.0 Å². The van der Waals surface area contributed by atoms with Crippen LogP contribution < -0.4 is 10.1 Å². The molecule has 1 N–H and O–H groups in total. The molecule has 9 heteroatoms. The van der Waals surface area contributed by atoms with Crippen molar-refractivity contribution in [1.82, 2.24) is 14.5 Å². The zero-order valence-corrected chi connectivity index (χ0v) is 14.9. The van der Waals surface area contributed by atoms with Gasteiger partial charge in [-0.3, -0.25) is 0 Å². The zero-order valence-electron chi connectivity index (χ0n) is 14.9. The standard InChI is InChI=1S/C18H18F4N4O/c1-10-8-11(2)24-16(27-17(19)20)14(10)25-15-12-5-7-26(9-18(3,21)22)13(12)4-6-23-15/h4-8,17H,9H2,1-3H3,(H,23,25). The molecule has 0 aromatic carbocycles. The molecule has 0 fully saturated rings. The molecule has 0 bridgehead atoms. The molecule has 0 atom stereocenters. The lowest BCUT2D eigenvalue weighted by molar-refractivity contribution is -0.0524. The maximum absolute atomic E-state index is 13.4. The average molecular weight is 382 g/mol. The SMILES string of the molecule is Cc1cc(C)c(Nc2nccc3c2ccn3CC(C)(F)F)c(OC(F)F)n1. The lowest BCUT2D eigenvalue weighted by atomic mass is 10.2. The van der Waals surface area contributed by atoms with Crippen molar-refractivity contribution in [2.45, 2.75) is 39.9 Å². The van der Waals surface area contributed by atoms with Crippen LogP contribution in [0.15, 0.2) is 30.6 Å². The number of fused-ring (bicyclic) bond motifs is 1. The highest BCUT2D eigenvalue weighted by Gasteiger charge is 2.23. The van der Waals surface area contributed by atoms with E-state index in [0.717, 1.165) is 6.92 Å². The van der Waals surface area contributed by atoms with Gasteiger partial charge in [0.1, 0.15) is 11.5 Å². The molecule has 0 radical (unpaired) electrons. The van der Waals surface area contributed by atoms with Gasteiger partial charge in [0.15, 0.2) is 0 Å². The Morgan fingerprint density at radius 2 is 2.00 bits per heavy atom. The molecule has 0 aliphatic carbocycles. The molecule has 3 rings (SSSR count). The summed E-state index contributed by atoms with van der Waals surface area (Å²) < 4.78 is 58.2. The number of aromatic nitrogens is 3. The summed E-state index contributed by atoms with van der Waals surface area (Å²) in [5.74, 6) is -2.79. The van der Waals surface area contributed by atoms with Gasteiger partial charge in [0.2, 0.25) is 5.88 Å². The number of anilines is 2. The Kier molecular flexibility index (Phi) is 4.95. The molecule has 3 aromatic heterocycles. The van der Waals surface area contributed by atoms with Crippen molar-refractivity contribution < 1.29 is 22.3 Å². The first-order valence-corrected chi connectivity index (χ1v) is 8.16. The van der Waals surface area contributed by atoms with Gasteiger partial charge in [-0.05, 0) is 37.6 Å². The summed E-state index contributed by atoms with van der Waals surface area (Å²) in [6.45, 7) is 0.715. The van der Waals surface area contributed by atoms with E-state index in [4.69, 9.17) is 0 Å². The number of hydrogen-bond donors (Lipinski definition) is 1. The molecule has 144 valence electrons. The molecule has 3 aromatic rings. The second kappa shape index (κ2) is 7.05. The van der Waals surface area contributed by atoms with Gasteiger partial charge < -0.3 is 14.6 Å². The second-order valence-electron chi connectivity index (χ2n) is 6.37. The quantitative estimate of drug-likeness (QED) is 0.607. The highest BCUT2D eigenvalue weighted by atomic mass is 19.3. The fraction of sp³-hybridized carbons (Fsp3) is 0.333. The van der Waals surface area contributed by atoms with Gasteiger partial charge in [-0.2, -0.15) is 8.78 Å². The van der Waals surface area contributed by atoms with Crippen LogP contribution in [0.2, 0.25) is 0 Å². The number of nitrogens with one attached hydrogen (secondary N) is 1. The van der Waals surface area contributed by atoms with Gasteiger partial charge in [-0.15, -0.1) is 0 Å². The van der Waals surface area contributed by atoms with Gasteiger partial charge in [0, 0.05) is 30.4 Å². The fourth-order valence-electron chi connectivity index (χ4n) is 2.90. The Hall–Kier alpha value is -2.84. The summed E-state index contributed by atoms with van der Waals surface area (Å²) in [7, 11) is 0. The Bertz CT molecular complexity index is 966. The lowest BCUT2D eigenvalue weighted by Crippen LogP contribution is -2.18. The molecule has 0 saturated carbocycles. The Labute approximate surface area is 153 Å². The molecule has 5 nitrogen and oxygen atoms in total. The zero-order chi connectivity index (χ0) is 19.8. The highest BCUT2D eigenvalue weighted by Crippen LogP contribution is 2.33. The van der Waals surface area contributed by atoms with Crippen LogP contribution in [0.25, 0.3) is 10.9 Å². The molecular formula is C18H18F4N4O. The first-order valence-electron chi connectivity index (χ1n) is 8.16. The number of halogens is 4. The minimum Gasteiger partial charge on any atom is -0.415 e. The fourth-order valence-corrected chi connectivity index (χ4v) is 2.90. The molecule has 0 aliphatic heterocycles. The lowest BCUT2D eigenvalue weighted by Gasteiger charge is -2.16. The van der Waals surface area contributed by atoms with Crippen LogP contribution in [0.4, 0.5) is 29.1 Å². The first kappa shape index (κ1) is 18.9. The van der Waals surface area contributed by atoms with Crippen molar-refractivity contribution >= 4 is 22.4 Å². The molecule has 0 amide bonds. The van der Waals surface area contributed by atoms with Gasteiger partial charge in [-0.25, -0.2) is 18.7 Å². The number of alkyl halides is 4. The summed E-state index contributed by atoms with van der Waals surface area (Å²) in [6.07, 6.45) is 2.99.